The number of nitrogens with zero attached hydrogens (tertiary/aromatic N) is 2. The molecule has 1 heterocycles. The van der Waals surface area contributed by atoms with Crippen LogP contribution in [0.5, 0.6) is 11.6 Å². The Kier molecular flexibility index (Phi) is 9.25. The van der Waals surface area contributed by atoms with Crippen molar-refractivity contribution in [1.29, 1.82) is 5.26 Å². The topological polar surface area (TPSA) is 92.3 Å². The number of aryl methyl sites for hydroxylation is 1. The molecule has 0 amide bonds. The van der Waals surface area contributed by atoms with E-state index in [1.807, 2.05) is 36.4 Å². The van der Waals surface area contributed by atoms with Gasteiger partial charge in [-0.3, -0.25) is 14.2 Å². The first kappa shape index (κ1) is 25.8. The van der Waals surface area contributed by atoms with Gasteiger partial charge >= 0.3 is 0 Å². The predicted molar refractivity (Wildman–Crippen MR) is 136 cm³/mol. The number of carbonyl (C=O) groups excluding carboxylic acids is 1. The average molecular weight is 473 g/mol. The molecule has 6 nitrogen and oxygen atoms in total. The number of nitriles is 1. The maximum absolute atomic E-state index is 13.3. The molecule has 1 N–H and O–H groups in total. The molecule has 3 aromatic rings. The van der Waals surface area contributed by atoms with Gasteiger partial charge in [-0.15, -0.1) is 0 Å². The van der Waals surface area contributed by atoms with Gasteiger partial charge in [0.1, 0.15) is 17.4 Å². The van der Waals surface area contributed by atoms with Gasteiger partial charge in [-0.25, -0.2) is 0 Å². The van der Waals surface area contributed by atoms with Crippen LogP contribution < -0.4 is 10.3 Å². The fourth-order valence-electron chi connectivity index (χ4n) is 4.06. The van der Waals surface area contributed by atoms with E-state index >= 15 is 0 Å². The lowest BCUT2D eigenvalue weighted by Crippen LogP contribution is -2.27. The minimum absolute atomic E-state index is 0.0289. The number of pyridine rings is 1. The molecule has 0 atom stereocenters. The summed E-state index contributed by atoms with van der Waals surface area (Å²) < 4.78 is 6.88. The van der Waals surface area contributed by atoms with E-state index < -0.39 is 17.2 Å². The lowest BCUT2D eigenvalue weighted by Gasteiger charge is -2.16. The van der Waals surface area contributed by atoms with Gasteiger partial charge in [0.2, 0.25) is 5.88 Å². The van der Waals surface area contributed by atoms with Gasteiger partial charge < -0.3 is 9.84 Å². The predicted octanol–water partition coefficient (Wildman–Crippen LogP) is 5.56. The maximum Gasteiger partial charge on any atom is 0.271 e. The third-order valence-corrected chi connectivity index (χ3v) is 6.13. The van der Waals surface area contributed by atoms with Crippen molar-refractivity contribution in [3.05, 3.63) is 92.8 Å². The summed E-state index contributed by atoms with van der Waals surface area (Å²) >= 11 is 0. The van der Waals surface area contributed by atoms with Crippen molar-refractivity contribution in [3.63, 3.8) is 0 Å². The largest absolute Gasteiger partial charge is 0.494 e. The second-order valence-corrected chi connectivity index (χ2v) is 8.62. The molecule has 0 unspecified atom stereocenters. The van der Waals surface area contributed by atoms with E-state index in [1.165, 1.54) is 26.2 Å². The first-order valence-corrected chi connectivity index (χ1v) is 12.2. The van der Waals surface area contributed by atoms with E-state index in [9.17, 15) is 20.0 Å². The normalized spacial score (nSPS) is 10.7. The minimum Gasteiger partial charge on any atom is -0.494 e. The Morgan fingerprint density at radius 1 is 1.03 bits per heavy atom. The molecule has 0 bridgehead atoms. The molecule has 35 heavy (non-hydrogen) atoms. The SMILES string of the molecule is CCCCCCCOc1ccc(C(=O)c2c(C)c(C#N)c(=O)n(CCc3ccccc3)c2O)cc1. The lowest BCUT2D eigenvalue weighted by molar-refractivity contribution is 0.103. The van der Waals surface area contributed by atoms with Gasteiger partial charge in [0.15, 0.2) is 5.78 Å². The van der Waals surface area contributed by atoms with Crippen molar-refractivity contribution in [1.82, 2.24) is 4.57 Å². The highest BCUT2D eigenvalue weighted by atomic mass is 16.5. The van der Waals surface area contributed by atoms with Gasteiger partial charge in [0, 0.05) is 12.1 Å². The molecule has 0 spiro atoms. The quantitative estimate of drug-likeness (QED) is 0.275. The number of hydrogen-bond acceptors (Lipinski definition) is 5. The Balaban J connectivity index is 1.81. The van der Waals surface area contributed by atoms with E-state index in [4.69, 9.17) is 4.74 Å². The summed E-state index contributed by atoms with van der Waals surface area (Å²) in [6, 6.07) is 18.2. The third kappa shape index (κ3) is 6.39. The molecule has 2 aromatic carbocycles. The number of aromatic nitrogens is 1. The highest BCUT2D eigenvalue weighted by Gasteiger charge is 2.24. The van der Waals surface area contributed by atoms with Crippen LogP contribution in [0.3, 0.4) is 0 Å². The van der Waals surface area contributed by atoms with Crippen LogP contribution >= 0.6 is 0 Å². The Morgan fingerprint density at radius 3 is 2.37 bits per heavy atom. The molecule has 0 fully saturated rings. The summed E-state index contributed by atoms with van der Waals surface area (Å²) in [5.41, 5.74) is 0.740. The maximum atomic E-state index is 13.3. The highest BCUT2D eigenvalue weighted by Crippen LogP contribution is 2.26. The second-order valence-electron chi connectivity index (χ2n) is 8.62. The number of carbonyl (C=O) groups is 1. The Morgan fingerprint density at radius 2 is 1.71 bits per heavy atom. The molecule has 0 saturated heterocycles. The highest BCUT2D eigenvalue weighted by molar-refractivity contribution is 6.11. The third-order valence-electron chi connectivity index (χ3n) is 6.13. The van der Waals surface area contributed by atoms with Crippen LogP contribution in [0.1, 0.15) is 71.6 Å². The Labute approximate surface area is 206 Å². The zero-order chi connectivity index (χ0) is 25.2. The van der Waals surface area contributed by atoms with Gasteiger partial charge in [-0.1, -0.05) is 62.9 Å². The summed E-state index contributed by atoms with van der Waals surface area (Å²) in [5.74, 6) is -0.195. The van der Waals surface area contributed by atoms with Crippen LogP contribution in [0.25, 0.3) is 0 Å². The average Bonchev–Trinajstić information content (AvgIpc) is 2.87. The van der Waals surface area contributed by atoms with Crippen LogP contribution in [-0.2, 0) is 13.0 Å². The molecule has 182 valence electrons. The number of aromatic hydroxyl groups is 1. The van der Waals surface area contributed by atoms with E-state index in [2.05, 4.69) is 6.92 Å². The Hall–Kier alpha value is -3.85. The smallest absolute Gasteiger partial charge is 0.271 e. The van der Waals surface area contributed by atoms with Crippen LogP contribution in [0.15, 0.2) is 59.4 Å². The molecule has 0 radical (unpaired) electrons. The van der Waals surface area contributed by atoms with Crippen molar-refractivity contribution < 1.29 is 14.6 Å². The van der Waals surface area contributed by atoms with E-state index in [0.717, 1.165) is 23.0 Å². The second kappa shape index (κ2) is 12.6. The molecule has 0 aliphatic heterocycles. The number of rotatable bonds is 12. The molecule has 0 saturated carbocycles. The minimum atomic E-state index is -0.599. The van der Waals surface area contributed by atoms with Crippen LogP contribution in [-0.4, -0.2) is 22.1 Å². The molecular formula is C29H32N2O4. The number of ether oxygens (including phenoxy) is 1. The number of benzene rings is 2. The zero-order valence-electron chi connectivity index (χ0n) is 20.4. The Bertz CT molecular complexity index is 1240. The molecular weight excluding hydrogens is 440 g/mol. The lowest BCUT2D eigenvalue weighted by atomic mass is 9.97. The summed E-state index contributed by atoms with van der Waals surface area (Å²) in [5, 5.41) is 20.5. The molecule has 3 rings (SSSR count). The molecule has 6 heteroatoms. The van der Waals surface area contributed by atoms with Crippen molar-refractivity contribution in [3.8, 4) is 17.7 Å². The molecule has 1 aromatic heterocycles. The van der Waals surface area contributed by atoms with Gasteiger partial charge in [0.25, 0.3) is 5.56 Å². The van der Waals surface area contributed by atoms with Crippen LogP contribution in [0, 0.1) is 18.3 Å². The fourth-order valence-corrected chi connectivity index (χ4v) is 4.06. The number of hydrogen-bond donors (Lipinski definition) is 1. The zero-order valence-corrected chi connectivity index (χ0v) is 20.4. The van der Waals surface area contributed by atoms with Gasteiger partial charge in [0.05, 0.1) is 12.2 Å². The van der Waals surface area contributed by atoms with Crippen molar-refractivity contribution in [2.45, 2.75) is 58.9 Å². The van der Waals surface area contributed by atoms with E-state index in [1.54, 1.807) is 24.3 Å². The monoisotopic (exact) mass is 472 g/mol. The fraction of sp³-hybridized carbons (Fsp3) is 0.345. The van der Waals surface area contributed by atoms with Crippen molar-refractivity contribution in [2.75, 3.05) is 6.61 Å². The first-order valence-electron chi connectivity index (χ1n) is 12.2. The molecule has 0 aliphatic rings. The van der Waals surface area contributed by atoms with Gasteiger partial charge in [-0.05, 0) is 55.2 Å². The van der Waals surface area contributed by atoms with Crippen LogP contribution in [0.2, 0.25) is 0 Å². The van der Waals surface area contributed by atoms with Gasteiger partial charge in [-0.2, -0.15) is 5.26 Å². The van der Waals surface area contributed by atoms with E-state index in [-0.39, 0.29) is 23.2 Å². The number of unbranched alkanes of at least 4 members (excludes halogenated alkanes) is 4. The summed E-state index contributed by atoms with van der Waals surface area (Å²) in [6.45, 7) is 4.47. The summed E-state index contributed by atoms with van der Waals surface area (Å²) in [4.78, 5) is 26.2. The number of ketones is 1. The van der Waals surface area contributed by atoms with Crippen molar-refractivity contribution >= 4 is 5.78 Å². The van der Waals surface area contributed by atoms with E-state index in [0.29, 0.717) is 24.3 Å². The summed E-state index contributed by atoms with van der Waals surface area (Å²) in [6.07, 6.45) is 6.22. The summed E-state index contributed by atoms with van der Waals surface area (Å²) in [7, 11) is 0. The first-order chi connectivity index (χ1) is 17.0. The standard InChI is InChI=1S/C29H32N2O4/c1-3-4-5-6-10-19-35-24-15-13-23(14-16-24)27(32)26-21(2)25(20-30)28(33)31(29(26)34)18-17-22-11-8-7-9-12-22/h7-9,11-16,34H,3-6,10,17-19H2,1-2H3. The van der Waals surface area contributed by atoms with Crippen LogP contribution in [0.4, 0.5) is 0 Å². The van der Waals surface area contributed by atoms with Crippen molar-refractivity contribution in [2.24, 2.45) is 0 Å². The molecule has 0 aliphatic carbocycles.